The summed E-state index contributed by atoms with van der Waals surface area (Å²) >= 11 is 1.81. The summed E-state index contributed by atoms with van der Waals surface area (Å²) in [5.41, 5.74) is 1.23. The molecule has 0 aliphatic carbocycles. The lowest BCUT2D eigenvalue weighted by molar-refractivity contribution is -0.130. The van der Waals surface area contributed by atoms with Gasteiger partial charge >= 0.3 is 0 Å². The molecule has 1 aromatic carbocycles. The van der Waals surface area contributed by atoms with Gasteiger partial charge in [-0.05, 0) is 12.0 Å². The minimum Gasteiger partial charge on any atom is -0.295 e. The van der Waals surface area contributed by atoms with E-state index in [1.54, 1.807) is 0 Å². The number of amides is 2. The molecule has 5 heteroatoms. The summed E-state index contributed by atoms with van der Waals surface area (Å²) in [7, 11) is 0. The minimum absolute atomic E-state index is 0.213. The first kappa shape index (κ1) is 29.9. The molecule has 1 aromatic rings. The Morgan fingerprint density at radius 2 is 1.31 bits per heavy atom. The van der Waals surface area contributed by atoms with Gasteiger partial charge in [0, 0.05) is 12.7 Å². The van der Waals surface area contributed by atoms with E-state index in [0.717, 1.165) is 12.8 Å². The highest BCUT2D eigenvalue weighted by molar-refractivity contribution is 8.00. The first-order valence-electron chi connectivity index (χ1n) is 14.4. The van der Waals surface area contributed by atoms with Gasteiger partial charge in [-0.1, -0.05) is 140 Å². The van der Waals surface area contributed by atoms with Crippen LogP contribution in [-0.2, 0) is 14.5 Å². The highest BCUT2D eigenvalue weighted by Gasteiger charge is 2.42. The molecular formula is C30H50N2O2S. The standard InChI is InChI=1S/C30H50N2O2S/c1-3-4-5-6-7-8-9-10-11-12-13-14-15-16-17-21-24-30(27-22-19-18-20-23-27)32-28(25-35-30)29(34)31-26(2)33/h18-20,22-23,28,32H,3-17,21,24-25H2,1-2H3,(H,31,33,34). The average Bonchev–Trinajstić information content (AvgIpc) is 3.30. The first-order chi connectivity index (χ1) is 17.1. The van der Waals surface area contributed by atoms with Crippen LogP contribution in [0.4, 0.5) is 0 Å². The van der Waals surface area contributed by atoms with Gasteiger partial charge < -0.3 is 0 Å². The molecular weight excluding hydrogens is 452 g/mol. The Bertz CT molecular complexity index is 712. The zero-order valence-electron chi connectivity index (χ0n) is 22.4. The third-order valence-electron chi connectivity index (χ3n) is 7.14. The number of thioether (sulfide) groups is 1. The second-order valence-corrected chi connectivity index (χ2v) is 11.6. The molecule has 0 aromatic heterocycles. The zero-order valence-corrected chi connectivity index (χ0v) is 23.2. The summed E-state index contributed by atoms with van der Waals surface area (Å²) in [6.45, 7) is 3.67. The Balaban J connectivity index is 1.57. The van der Waals surface area contributed by atoms with E-state index in [2.05, 4.69) is 41.8 Å². The highest BCUT2D eigenvalue weighted by Crippen LogP contribution is 2.43. The van der Waals surface area contributed by atoms with E-state index >= 15 is 0 Å². The molecule has 1 saturated heterocycles. The summed E-state index contributed by atoms with van der Waals surface area (Å²) < 4.78 is 0. The molecule has 2 unspecified atom stereocenters. The molecule has 4 nitrogen and oxygen atoms in total. The van der Waals surface area contributed by atoms with Gasteiger partial charge in [-0.2, -0.15) is 0 Å². The van der Waals surface area contributed by atoms with Crippen molar-refractivity contribution in [2.45, 2.75) is 134 Å². The zero-order chi connectivity index (χ0) is 25.2. The molecule has 198 valence electrons. The number of carbonyl (C=O) groups excluding carboxylic acids is 2. The lowest BCUT2D eigenvalue weighted by Crippen LogP contribution is -2.48. The third kappa shape index (κ3) is 12.0. The fraction of sp³-hybridized carbons (Fsp3) is 0.733. The van der Waals surface area contributed by atoms with Gasteiger partial charge in [0.25, 0.3) is 0 Å². The Kier molecular flexibility index (Phi) is 15.4. The summed E-state index contributed by atoms with van der Waals surface area (Å²) in [6.07, 6.45) is 22.9. The number of imide groups is 1. The van der Waals surface area contributed by atoms with Crippen molar-refractivity contribution in [1.29, 1.82) is 0 Å². The first-order valence-corrected chi connectivity index (χ1v) is 15.3. The SMILES string of the molecule is CCCCCCCCCCCCCCCCCCC1(c2ccccc2)NC(C(=O)NC(C)=O)CS1. The van der Waals surface area contributed by atoms with Crippen molar-refractivity contribution in [1.82, 2.24) is 10.6 Å². The topological polar surface area (TPSA) is 58.2 Å². The molecule has 0 bridgehead atoms. The minimum atomic E-state index is -0.329. The van der Waals surface area contributed by atoms with Gasteiger partial charge in [-0.15, -0.1) is 11.8 Å². The Morgan fingerprint density at radius 1 is 0.829 bits per heavy atom. The number of hydrogen-bond donors (Lipinski definition) is 2. The lowest BCUT2D eigenvalue weighted by Gasteiger charge is -2.30. The lowest BCUT2D eigenvalue weighted by atomic mass is 9.97. The second kappa shape index (κ2) is 18.0. The maximum Gasteiger partial charge on any atom is 0.244 e. The number of nitrogens with one attached hydrogen (secondary N) is 2. The quantitative estimate of drug-likeness (QED) is 0.189. The van der Waals surface area contributed by atoms with Gasteiger partial charge in [-0.25, -0.2) is 0 Å². The Labute approximate surface area is 219 Å². The maximum absolute atomic E-state index is 12.4. The van der Waals surface area contributed by atoms with Crippen LogP contribution in [0.2, 0.25) is 0 Å². The molecule has 0 spiro atoms. The average molecular weight is 503 g/mol. The number of hydrogen-bond acceptors (Lipinski definition) is 4. The van der Waals surface area contributed by atoms with Crippen LogP contribution in [0.15, 0.2) is 30.3 Å². The van der Waals surface area contributed by atoms with Crippen molar-refractivity contribution in [2.75, 3.05) is 5.75 Å². The van der Waals surface area contributed by atoms with E-state index in [9.17, 15) is 9.59 Å². The monoisotopic (exact) mass is 502 g/mol. The summed E-state index contributed by atoms with van der Waals surface area (Å²) in [6, 6.07) is 10.1. The molecule has 2 rings (SSSR count). The summed E-state index contributed by atoms with van der Waals surface area (Å²) in [5.74, 6) is 0.180. The van der Waals surface area contributed by atoms with Crippen LogP contribution in [-0.4, -0.2) is 23.6 Å². The van der Waals surface area contributed by atoms with E-state index in [-0.39, 0.29) is 22.7 Å². The van der Waals surface area contributed by atoms with Gasteiger partial charge in [0.05, 0.1) is 10.9 Å². The van der Waals surface area contributed by atoms with E-state index < -0.39 is 0 Å². The number of rotatable bonds is 19. The van der Waals surface area contributed by atoms with Crippen LogP contribution in [0.25, 0.3) is 0 Å². The molecule has 1 aliphatic heterocycles. The van der Waals surface area contributed by atoms with Crippen molar-refractivity contribution in [2.24, 2.45) is 0 Å². The highest BCUT2D eigenvalue weighted by atomic mass is 32.2. The predicted octanol–water partition coefficient (Wildman–Crippen LogP) is 7.86. The molecule has 2 atom stereocenters. The van der Waals surface area contributed by atoms with Crippen molar-refractivity contribution in [3.63, 3.8) is 0 Å². The van der Waals surface area contributed by atoms with E-state index in [1.807, 2.05) is 17.8 Å². The normalized spacial score (nSPS) is 19.7. The molecule has 1 aliphatic rings. The van der Waals surface area contributed by atoms with Crippen LogP contribution >= 0.6 is 11.8 Å². The number of benzene rings is 1. The molecule has 0 radical (unpaired) electrons. The van der Waals surface area contributed by atoms with Gasteiger partial charge in [0.15, 0.2) is 0 Å². The van der Waals surface area contributed by atoms with Gasteiger partial charge in [0.1, 0.15) is 0 Å². The van der Waals surface area contributed by atoms with Crippen LogP contribution in [0, 0.1) is 0 Å². The molecule has 2 amide bonds. The van der Waals surface area contributed by atoms with Gasteiger partial charge in [-0.3, -0.25) is 20.2 Å². The van der Waals surface area contributed by atoms with E-state index in [4.69, 9.17) is 0 Å². The molecule has 2 N–H and O–H groups in total. The van der Waals surface area contributed by atoms with Crippen LogP contribution in [0.3, 0.4) is 0 Å². The van der Waals surface area contributed by atoms with Crippen molar-refractivity contribution >= 4 is 23.6 Å². The van der Waals surface area contributed by atoms with Crippen LogP contribution < -0.4 is 10.6 Å². The van der Waals surface area contributed by atoms with Crippen LogP contribution in [0.1, 0.15) is 129 Å². The maximum atomic E-state index is 12.4. The predicted molar refractivity (Wildman–Crippen MR) is 150 cm³/mol. The largest absolute Gasteiger partial charge is 0.295 e. The van der Waals surface area contributed by atoms with Crippen molar-refractivity contribution in [3.8, 4) is 0 Å². The van der Waals surface area contributed by atoms with E-state index in [1.165, 1.54) is 109 Å². The van der Waals surface area contributed by atoms with E-state index in [0.29, 0.717) is 5.75 Å². The molecule has 35 heavy (non-hydrogen) atoms. The molecule has 1 heterocycles. The van der Waals surface area contributed by atoms with Crippen molar-refractivity contribution in [3.05, 3.63) is 35.9 Å². The third-order valence-corrected chi connectivity index (χ3v) is 8.69. The Hall–Kier alpha value is -1.33. The summed E-state index contributed by atoms with van der Waals surface area (Å²) in [4.78, 5) is 23.5. The molecule has 1 fully saturated rings. The van der Waals surface area contributed by atoms with Crippen LogP contribution in [0.5, 0.6) is 0 Å². The summed E-state index contributed by atoms with van der Waals surface area (Å²) in [5, 5.41) is 6.02. The molecule has 0 saturated carbocycles. The smallest absolute Gasteiger partial charge is 0.244 e. The fourth-order valence-corrected chi connectivity index (χ4v) is 6.58. The number of carbonyl (C=O) groups is 2. The number of unbranched alkanes of at least 4 members (excludes halogenated alkanes) is 15. The van der Waals surface area contributed by atoms with Gasteiger partial charge in [0.2, 0.25) is 11.8 Å². The fourth-order valence-electron chi connectivity index (χ4n) is 5.08. The van der Waals surface area contributed by atoms with Crippen molar-refractivity contribution < 1.29 is 9.59 Å². The second-order valence-electron chi connectivity index (χ2n) is 10.3. The Morgan fingerprint density at radius 3 is 1.80 bits per heavy atom.